The number of hydrogen-bond donors (Lipinski definition) is 2. The quantitative estimate of drug-likeness (QED) is 0.761. The third-order valence-electron chi connectivity index (χ3n) is 4.21. The van der Waals surface area contributed by atoms with E-state index in [-0.39, 0.29) is 0 Å². The number of nitrogens with one attached hydrogen (secondary N) is 2. The molecule has 0 aliphatic heterocycles. The number of H-pyrrole nitrogens is 1. The van der Waals surface area contributed by atoms with Crippen molar-refractivity contribution in [3.8, 4) is 0 Å². The van der Waals surface area contributed by atoms with E-state index >= 15 is 0 Å². The van der Waals surface area contributed by atoms with E-state index in [1.165, 1.54) is 49.9 Å². The fourth-order valence-corrected chi connectivity index (χ4v) is 3.08. The summed E-state index contributed by atoms with van der Waals surface area (Å²) in [6.07, 6.45) is 10.0. The van der Waals surface area contributed by atoms with Crippen LogP contribution in [0.4, 0.5) is 0 Å². The minimum absolute atomic E-state index is 0.921. The molecule has 2 unspecified atom stereocenters. The highest BCUT2D eigenvalue weighted by Gasteiger charge is 2.17. The predicted octanol–water partition coefficient (Wildman–Crippen LogP) is 3.07. The van der Waals surface area contributed by atoms with Gasteiger partial charge < -0.3 is 5.32 Å². The number of hydrogen-bond acceptors (Lipinski definition) is 2. The lowest BCUT2D eigenvalue weighted by Gasteiger charge is -2.26. The summed E-state index contributed by atoms with van der Waals surface area (Å²) in [5.41, 5.74) is 2.58. The van der Waals surface area contributed by atoms with Crippen molar-refractivity contribution in [2.45, 2.75) is 52.4 Å². The Bertz CT molecular complexity index is 345. The van der Waals surface area contributed by atoms with E-state index < -0.39 is 0 Å². The molecule has 1 saturated carbocycles. The lowest BCUT2D eigenvalue weighted by atomic mass is 9.82. The average Bonchev–Trinajstić information content (AvgIpc) is 2.75. The molecule has 0 spiro atoms. The van der Waals surface area contributed by atoms with Gasteiger partial charge in [0.25, 0.3) is 0 Å². The van der Waals surface area contributed by atoms with Gasteiger partial charge in [-0.1, -0.05) is 19.8 Å². The maximum absolute atomic E-state index is 4.06. The van der Waals surface area contributed by atoms with Crippen molar-refractivity contribution in [1.29, 1.82) is 0 Å². The molecule has 0 amide bonds. The number of aryl methyl sites for hydroxylation is 2. The van der Waals surface area contributed by atoms with Crippen molar-refractivity contribution < 1.29 is 0 Å². The average molecular weight is 249 g/mol. The van der Waals surface area contributed by atoms with E-state index in [1.54, 1.807) is 0 Å². The van der Waals surface area contributed by atoms with Crippen LogP contribution < -0.4 is 5.32 Å². The van der Waals surface area contributed by atoms with Gasteiger partial charge >= 0.3 is 0 Å². The molecule has 2 N–H and O–H groups in total. The highest BCUT2D eigenvalue weighted by molar-refractivity contribution is 5.14. The van der Waals surface area contributed by atoms with Crippen molar-refractivity contribution in [1.82, 2.24) is 15.5 Å². The molecule has 102 valence electrons. The maximum atomic E-state index is 4.06. The zero-order valence-corrected chi connectivity index (χ0v) is 11.8. The molecule has 0 bridgehead atoms. The SMILES string of the molecule is Cc1[nH]ncc1CCCNCC1CCCC(C)C1. The molecule has 1 aliphatic carbocycles. The van der Waals surface area contributed by atoms with Crippen LogP contribution in [0.1, 0.15) is 50.3 Å². The van der Waals surface area contributed by atoms with Crippen LogP contribution in [0.3, 0.4) is 0 Å². The smallest absolute Gasteiger partial charge is 0.0522 e. The Labute approximate surface area is 111 Å². The molecule has 3 nitrogen and oxygen atoms in total. The minimum atomic E-state index is 0.921. The first kappa shape index (κ1) is 13.6. The largest absolute Gasteiger partial charge is 0.316 e. The molecular weight excluding hydrogens is 222 g/mol. The van der Waals surface area contributed by atoms with Gasteiger partial charge in [0.05, 0.1) is 6.20 Å². The van der Waals surface area contributed by atoms with Gasteiger partial charge in [0.15, 0.2) is 0 Å². The van der Waals surface area contributed by atoms with Crippen molar-refractivity contribution in [2.24, 2.45) is 11.8 Å². The van der Waals surface area contributed by atoms with Gasteiger partial charge in [-0.15, -0.1) is 0 Å². The fraction of sp³-hybridized carbons (Fsp3) is 0.800. The van der Waals surface area contributed by atoms with Crippen LogP contribution in [-0.4, -0.2) is 23.3 Å². The van der Waals surface area contributed by atoms with Gasteiger partial charge in [0.2, 0.25) is 0 Å². The summed E-state index contributed by atoms with van der Waals surface area (Å²) in [6.45, 7) is 6.84. The van der Waals surface area contributed by atoms with Gasteiger partial charge in [0.1, 0.15) is 0 Å². The first-order chi connectivity index (χ1) is 8.75. The minimum Gasteiger partial charge on any atom is -0.316 e. The topological polar surface area (TPSA) is 40.7 Å². The lowest BCUT2D eigenvalue weighted by Crippen LogP contribution is -2.27. The number of rotatable bonds is 6. The van der Waals surface area contributed by atoms with E-state index in [0.29, 0.717) is 0 Å². The highest BCUT2D eigenvalue weighted by atomic mass is 15.1. The van der Waals surface area contributed by atoms with Crippen LogP contribution >= 0.6 is 0 Å². The molecule has 1 aromatic heterocycles. The fourth-order valence-electron chi connectivity index (χ4n) is 3.08. The van der Waals surface area contributed by atoms with Crippen molar-refractivity contribution in [3.63, 3.8) is 0 Å². The zero-order valence-electron chi connectivity index (χ0n) is 11.8. The Morgan fingerprint density at radius 3 is 3.06 bits per heavy atom. The predicted molar refractivity (Wildman–Crippen MR) is 75.6 cm³/mol. The van der Waals surface area contributed by atoms with Crippen molar-refractivity contribution in [3.05, 3.63) is 17.5 Å². The number of aromatic nitrogens is 2. The number of aromatic amines is 1. The molecule has 3 heteroatoms. The Hall–Kier alpha value is -0.830. The van der Waals surface area contributed by atoms with E-state index in [0.717, 1.165) is 24.8 Å². The molecule has 1 heterocycles. The van der Waals surface area contributed by atoms with Gasteiger partial charge in [-0.3, -0.25) is 5.10 Å². The summed E-state index contributed by atoms with van der Waals surface area (Å²) < 4.78 is 0. The third kappa shape index (κ3) is 4.13. The Morgan fingerprint density at radius 1 is 1.44 bits per heavy atom. The van der Waals surface area contributed by atoms with Crippen molar-refractivity contribution in [2.75, 3.05) is 13.1 Å². The summed E-state index contributed by atoms with van der Waals surface area (Å²) in [5, 5.41) is 10.7. The van der Waals surface area contributed by atoms with Gasteiger partial charge in [-0.05, 0) is 63.1 Å². The van der Waals surface area contributed by atoms with Crippen LogP contribution in [0.25, 0.3) is 0 Å². The summed E-state index contributed by atoms with van der Waals surface area (Å²) in [4.78, 5) is 0. The van der Waals surface area contributed by atoms with Gasteiger partial charge in [0, 0.05) is 5.69 Å². The molecule has 2 rings (SSSR count). The molecule has 0 saturated heterocycles. The Morgan fingerprint density at radius 2 is 2.33 bits per heavy atom. The van der Waals surface area contributed by atoms with Crippen LogP contribution in [-0.2, 0) is 6.42 Å². The van der Waals surface area contributed by atoms with Crippen LogP contribution in [0.15, 0.2) is 6.20 Å². The first-order valence-corrected chi connectivity index (χ1v) is 7.45. The monoisotopic (exact) mass is 249 g/mol. The summed E-state index contributed by atoms with van der Waals surface area (Å²) >= 11 is 0. The normalized spacial score (nSPS) is 24.3. The van der Waals surface area contributed by atoms with Crippen molar-refractivity contribution >= 4 is 0 Å². The highest BCUT2D eigenvalue weighted by Crippen LogP contribution is 2.27. The second kappa shape index (κ2) is 6.93. The zero-order chi connectivity index (χ0) is 12.8. The standard InChI is InChI=1S/C15H27N3/c1-12-5-3-6-14(9-12)10-16-8-4-7-15-11-17-18-13(15)2/h11-12,14,16H,3-10H2,1-2H3,(H,17,18). The lowest BCUT2D eigenvalue weighted by molar-refractivity contribution is 0.274. The molecule has 18 heavy (non-hydrogen) atoms. The summed E-state index contributed by atoms with van der Waals surface area (Å²) in [6, 6.07) is 0. The van der Waals surface area contributed by atoms with Crippen LogP contribution in [0, 0.1) is 18.8 Å². The number of nitrogens with zero attached hydrogens (tertiary/aromatic N) is 1. The molecule has 2 atom stereocenters. The van der Waals surface area contributed by atoms with Gasteiger partial charge in [-0.25, -0.2) is 0 Å². The molecule has 1 fully saturated rings. The molecule has 1 aliphatic rings. The van der Waals surface area contributed by atoms with Gasteiger partial charge in [-0.2, -0.15) is 5.10 Å². The molecule has 0 aromatic carbocycles. The summed E-state index contributed by atoms with van der Waals surface area (Å²) in [7, 11) is 0. The molecular formula is C15H27N3. The second-order valence-corrected chi connectivity index (χ2v) is 5.97. The maximum Gasteiger partial charge on any atom is 0.0522 e. The van der Waals surface area contributed by atoms with E-state index in [1.807, 2.05) is 6.20 Å². The molecule has 0 radical (unpaired) electrons. The van der Waals surface area contributed by atoms with Crippen LogP contribution in [0.2, 0.25) is 0 Å². The first-order valence-electron chi connectivity index (χ1n) is 7.45. The second-order valence-electron chi connectivity index (χ2n) is 5.97. The molecule has 1 aromatic rings. The third-order valence-corrected chi connectivity index (χ3v) is 4.21. The Kier molecular flexibility index (Phi) is 5.24. The van der Waals surface area contributed by atoms with E-state index in [9.17, 15) is 0 Å². The van der Waals surface area contributed by atoms with E-state index in [4.69, 9.17) is 0 Å². The summed E-state index contributed by atoms with van der Waals surface area (Å²) in [5.74, 6) is 1.86. The van der Waals surface area contributed by atoms with E-state index in [2.05, 4.69) is 29.4 Å². The van der Waals surface area contributed by atoms with Crippen LogP contribution in [0.5, 0.6) is 0 Å². The Balaban J connectivity index is 1.55.